The molecule has 3 heteroatoms. The monoisotopic (exact) mass is 242 g/mol. The Morgan fingerprint density at radius 3 is 2.82 bits per heavy atom. The van der Waals surface area contributed by atoms with Gasteiger partial charge in [-0.1, -0.05) is 19.8 Å². The number of hydrogen-bond donors (Lipinski definition) is 1. The van der Waals surface area contributed by atoms with Crippen LogP contribution < -0.4 is 5.32 Å². The summed E-state index contributed by atoms with van der Waals surface area (Å²) in [5.74, 6) is 0. The largest absolute Gasteiger partial charge is 0.377 e. The Morgan fingerprint density at radius 2 is 2.18 bits per heavy atom. The van der Waals surface area contributed by atoms with E-state index in [4.69, 9.17) is 4.74 Å². The number of nitrogens with one attached hydrogen (secondary N) is 1. The summed E-state index contributed by atoms with van der Waals surface area (Å²) in [5.41, 5.74) is 0. The first kappa shape index (κ1) is 14.9. The van der Waals surface area contributed by atoms with Crippen molar-refractivity contribution in [2.24, 2.45) is 0 Å². The number of unbranched alkanes of at least 4 members (excludes halogenated alkanes) is 2. The predicted molar refractivity (Wildman–Crippen MR) is 73.5 cm³/mol. The van der Waals surface area contributed by atoms with Gasteiger partial charge >= 0.3 is 0 Å². The second-order valence-electron chi connectivity index (χ2n) is 5.30. The molecular weight excluding hydrogens is 212 g/mol. The van der Waals surface area contributed by atoms with Crippen LogP contribution in [0.2, 0.25) is 0 Å². The highest BCUT2D eigenvalue weighted by Gasteiger charge is 2.21. The summed E-state index contributed by atoms with van der Waals surface area (Å²) in [5, 5.41) is 3.58. The maximum absolute atomic E-state index is 5.68. The fraction of sp³-hybridized carbons (Fsp3) is 1.00. The Morgan fingerprint density at radius 1 is 1.35 bits per heavy atom. The van der Waals surface area contributed by atoms with Gasteiger partial charge in [0, 0.05) is 25.7 Å². The van der Waals surface area contributed by atoms with Gasteiger partial charge < -0.3 is 15.0 Å². The molecule has 2 atom stereocenters. The van der Waals surface area contributed by atoms with E-state index >= 15 is 0 Å². The summed E-state index contributed by atoms with van der Waals surface area (Å²) in [6, 6.07) is 0.501. The predicted octanol–water partition coefficient (Wildman–Crippen LogP) is 2.27. The molecule has 1 fully saturated rings. The van der Waals surface area contributed by atoms with Crippen molar-refractivity contribution in [3.63, 3.8) is 0 Å². The summed E-state index contributed by atoms with van der Waals surface area (Å²) < 4.78 is 5.68. The molecule has 0 aromatic carbocycles. The molecule has 0 radical (unpaired) electrons. The van der Waals surface area contributed by atoms with Crippen molar-refractivity contribution >= 4 is 0 Å². The molecule has 1 aliphatic heterocycles. The summed E-state index contributed by atoms with van der Waals surface area (Å²) in [6.45, 7) is 8.89. The smallest absolute Gasteiger partial charge is 0.0726 e. The highest BCUT2D eigenvalue weighted by atomic mass is 16.5. The van der Waals surface area contributed by atoms with Crippen molar-refractivity contribution in [1.29, 1.82) is 0 Å². The van der Waals surface area contributed by atoms with Crippen LogP contribution in [0.25, 0.3) is 0 Å². The van der Waals surface area contributed by atoms with Gasteiger partial charge in [0.2, 0.25) is 0 Å². The molecule has 0 aromatic rings. The number of nitrogens with zero attached hydrogens (tertiary/aromatic N) is 1. The lowest BCUT2D eigenvalue weighted by molar-refractivity contribution is 0.0829. The normalized spacial score (nSPS) is 22.2. The molecule has 0 amide bonds. The van der Waals surface area contributed by atoms with Crippen LogP contribution in [-0.4, -0.2) is 50.3 Å². The van der Waals surface area contributed by atoms with Gasteiger partial charge in [0.25, 0.3) is 0 Å². The van der Waals surface area contributed by atoms with Crippen molar-refractivity contribution in [3.05, 3.63) is 0 Å². The standard InChI is InChI=1S/C14H30N2O/c1-4-5-6-10-16(3)11-9-15-13(2)14-8-7-12-17-14/h13-15H,4-12H2,1-3H3. The van der Waals surface area contributed by atoms with E-state index in [-0.39, 0.29) is 0 Å². The molecule has 1 rings (SSSR count). The summed E-state index contributed by atoms with van der Waals surface area (Å²) in [6.07, 6.45) is 6.88. The zero-order chi connectivity index (χ0) is 12.5. The van der Waals surface area contributed by atoms with Gasteiger partial charge in [0.15, 0.2) is 0 Å². The van der Waals surface area contributed by atoms with Gasteiger partial charge in [-0.05, 0) is 39.8 Å². The maximum Gasteiger partial charge on any atom is 0.0726 e. The topological polar surface area (TPSA) is 24.5 Å². The first-order valence-corrected chi connectivity index (χ1v) is 7.27. The van der Waals surface area contributed by atoms with E-state index in [0.717, 1.165) is 19.7 Å². The van der Waals surface area contributed by atoms with E-state index in [0.29, 0.717) is 12.1 Å². The minimum absolute atomic E-state index is 0.445. The van der Waals surface area contributed by atoms with Crippen LogP contribution in [0.15, 0.2) is 0 Å². The number of hydrogen-bond acceptors (Lipinski definition) is 3. The average Bonchev–Trinajstić information content (AvgIpc) is 2.82. The molecule has 2 unspecified atom stereocenters. The maximum atomic E-state index is 5.68. The number of rotatable bonds is 9. The molecule has 1 saturated heterocycles. The second kappa shape index (κ2) is 8.90. The van der Waals surface area contributed by atoms with E-state index < -0.39 is 0 Å². The summed E-state index contributed by atoms with van der Waals surface area (Å²) >= 11 is 0. The fourth-order valence-electron chi connectivity index (χ4n) is 2.35. The van der Waals surface area contributed by atoms with Gasteiger partial charge in [-0.25, -0.2) is 0 Å². The quantitative estimate of drug-likeness (QED) is 0.628. The Bertz CT molecular complexity index is 181. The number of likely N-dealkylation sites (N-methyl/N-ethyl adjacent to an activating group) is 1. The highest BCUT2D eigenvalue weighted by Crippen LogP contribution is 2.15. The van der Waals surface area contributed by atoms with Gasteiger partial charge in [0.05, 0.1) is 6.10 Å². The lowest BCUT2D eigenvalue weighted by Crippen LogP contribution is -2.40. The molecule has 1 heterocycles. The summed E-state index contributed by atoms with van der Waals surface area (Å²) in [7, 11) is 2.22. The third-order valence-corrected chi connectivity index (χ3v) is 3.63. The summed E-state index contributed by atoms with van der Waals surface area (Å²) in [4.78, 5) is 2.42. The Labute approximate surface area is 107 Å². The molecule has 0 spiro atoms. The van der Waals surface area contributed by atoms with Crippen LogP contribution in [0.4, 0.5) is 0 Å². The van der Waals surface area contributed by atoms with Crippen molar-refractivity contribution in [1.82, 2.24) is 10.2 Å². The van der Waals surface area contributed by atoms with E-state index in [1.165, 1.54) is 38.6 Å². The zero-order valence-corrected chi connectivity index (χ0v) is 11.9. The molecule has 0 aliphatic carbocycles. The lowest BCUT2D eigenvalue weighted by atomic mass is 10.1. The molecule has 3 nitrogen and oxygen atoms in total. The lowest BCUT2D eigenvalue weighted by Gasteiger charge is -2.22. The third kappa shape index (κ3) is 6.39. The van der Waals surface area contributed by atoms with E-state index in [9.17, 15) is 0 Å². The molecule has 17 heavy (non-hydrogen) atoms. The molecule has 102 valence electrons. The average molecular weight is 242 g/mol. The van der Waals surface area contributed by atoms with Crippen molar-refractivity contribution < 1.29 is 4.74 Å². The Hall–Kier alpha value is -0.120. The Balaban J connectivity index is 1.98. The molecular formula is C14H30N2O. The van der Waals surface area contributed by atoms with Crippen LogP contribution in [-0.2, 0) is 4.74 Å². The van der Waals surface area contributed by atoms with Crippen molar-refractivity contribution in [2.45, 2.75) is 58.1 Å². The molecule has 0 bridgehead atoms. The fourth-order valence-corrected chi connectivity index (χ4v) is 2.35. The van der Waals surface area contributed by atoms with E-state index in [1.807, 2.05) is 0 Å². The first-order valence-electron chi connectivity index (χ1n) is 7.27. The van der Waals surface area contributed by atoms with Gasteiger partial charge in [-0.2, -0.15) is 0 Å². The van der Waals surface area contributed by atoms with Gasteiger partial charge in [-0.3, -0.25) is 0 Å². The first-order chi connectivity index (χ1) is 8.24. The van der Waals surface area contributed by atoms with E-state index in [1.54, 1.807) is 0 Å². The molecule has 1 N–H and O–H groups in total. The van der Waals surface area contributed by atoms with Crippen molar-refractivity contribution in [3.8, 4) is 0 Å². The van der Waals surface area contributed by atoms with Crippen molar-refractivity contribution in [2.75, 3.05) is 33.3 Å². The molecule has 1 aliphatic rings. The van der Waals surface area contributed by atoms with Gasteiger partial charge in [0.1, 0.15) is 0 Å². The third-order valence-electron chi connectivity index (χ3n) is 3.63. The minimum Gasteiger partial charge on any atom is -0.377 e. The highest BCUT2D eigenvalue weighted by molar-refractivity contribution is 4.76. The van der Waals surface area contributed by atoms with Gasteiger partial charge in [-0.15, -0.1) is 0 Å². The SMILES string of the molecule is CCCCCN(C)CCNC(C)C1CCCO1. The zero-order valence-electron chi connectivity index (χ0n) is 11.9. The van der Waals surface area contributed by atoms with Crippen LogP contribution >= 0.6 is 0 Å². The minimum atomic E-state index is 0.445. The Kier molecular flexibility index (Phi) is 7.82. The van der Waals surface area contributed by atoms with Crippen LogP contribution in [0, 0.1) is 0 Å². The number of ether oxygens (including phenoxy) is 1. The molecule has 0 saturated carbocycles. The van der Waals surface area contributed by atoms with Crippen LogP contribution in [0.5, 0.6) is 0 Å². The molecule has 0 aromatic heterocycles. The van der Waals surface area contributed by atoms with E-state index in [2.05, 4.69) is 31.1 Å². The second-order valence-corrected chi connectivity index (χ2v) is 5.30. The van der Waals surface area contributed by atoms with Crippen LogP contribution in [0.1, 0.15) is 46.0 Å². The van der Waals surface area contributed by atoms with Crippen LogP contribution in [0.3, 0.4) is 0 Å².